The Morgan fingerprint density at radius 3 is 2.55 bits per heavy atom. The van der Waals surface area contributed by atoms with Crippen LogP contribution in [0.3, 0.4) is 0 Å². The Hall–Kier alpha value is -1.65. The van der Waals surface area contributed by atoms with Gasteiger partial charge >= 0.3 is 0 Å². The van der Waals surface area contributed by atoms with E-state index in [2.05, 4.69) is 0 Å². The van der Waals surface area contributed by atoms with Crippen LogP contribution in [-0.4, -0.2) is 23.9 Å². The van der Waals surface area contributed by atoms with Crippen LogP contribution in [-0.2, 0) is 6.54 Å². The number of carbonyl (C=O) groups is 1. The van der Waals surface area contributed by atoms with E-state index in [1.54, 1.807) is 11.3 Å². The van der Waals surface area contributed by atoms with Crippen molar-refractivity contribution in [1.82, 2.24) is 4.90 Å². The fourth-order valence-electron chi connectivity index (χ4n) is 2.04. The first-order valence-electron chi connectivity index (χ1n) is 6.80. The number of hydrogen-bond acceptors (Lipinski definition) is 3. The molecule has 1 heterocycles. The third kappa shape index (κ3) is 3.92. The smallest absolute Gasteiger partial charge is 0.264 e. The van der Waals surface area contributed by atoms with E-state index in [0.29, 0.717) is 19.6 Å². The first-order chi connectivity index (χ1) is 9.70. The van der Waals surface area contributed by atoms with Crippen LogP contribution in [0.2, 0.25) is 0 Å². The largest absolute Gasteiger partial charge is 0.334 e. The molecule has 0 fully saturated rings. The molecule has 4 heteroatoms. The summed E-state index contributed by atoms with van der Waals surface area (Å²) in [6.07, 6.45) is 0.822. The maximum Gasteiger partial charge on any atom is 0.264 e. The van der Waals surface area contributed by atoms with Crippen molar-refractivity contribution in [2.24, 2.45) is 5.73 Å². The monoisotopic (exact) mass is 288 g/mol. The van der Waals surface area contributed by atoms with Gasteiger partial charge in [-0.3, -0.25) is 4.79 Å². The molecule has 0 aliphatic rings. The summed E-state index contributed by atoms with van der Waals surface area (Å²) in [7, 11) is 0. The highest BCUT2D eigenvalue weighted by Crippen LogP contribution is 2.18. The number of carbonyl (C=O) groups excluding carboxylic acids is 1. The minimum absolute atomic E-state index is 0.0976. The predicted molar refractivity (Wildman–Crippen MR) is 83.9 cm³/mol. The maximum absolute atomic E-state index is 12.6. The van der Waals surface area contributed by atoms with E-state index in [4.69, 9.17) is 5.73 Å². The van der Waals surface area contributed by atoms with E-state index in [1.165, 1.54) is 0 Å². The quantitative estimate of drug-likeness (QED) is 0.888. The zero-order valence-electron chi connectivity index (χ0n) is 11.7. The van der Waals surface area contributed by atoms with Crippen molar-refractivity contribution in [3.8, 4) is 0 Å². The number of nitrogens with zero attached hydrogens (tertiary/aromatic N) is 1. The number of thiophene rings is 1. The van der Waals surface area contributed by atoms with Crippen LogP contribution in [0.4, 0.5) is 0 Å². The molecule has 3 nitrogen and oxygen atoms in total. The normalized spacial score (nSPS) is 10.5. The van der Waals surface area contributed by atoms with E-state index in [0.717, 1.165) is 21.7 Å². The second-order valence-corrected chi connectivity index (χ2v) is 6.05. The van der Waals surface area contributed by atoms with Crippen LogP contribution in [0.25, 0.3) is 0 Å². The van der Waals surface area contributed by atoms with E-state index >= 15 is 0 Å². The van der Waals surface area contributed by atoms with E-state index in [-0.39, 0.29) is 5.91 Å². The zero-order valence-corrected chi connectivity index (χ0v) is 12.5. The molecule has 2 rings (SSSR count). The Bertz CT molecular complexity index is 551. The highest BCUT2D eigenvalue weighted by atomic mass is 32.1. The van der Waals surface area contributed by atoms with Gasteiger partial charge in [-0.05, 0) is 37.6 Å². The molecule has 20 heavy (non-hydrogen) atoms. The highest BCUT2D eigenvalue weighted by molar-refractivity contribution is 7.13. The van der Waals surface area contributed by atoms with Crippen molar-refractivity contribution in [2.45, 2.75) is 19.9 Å². The molecule has 0 atom stereocenters. The van der Waals surface area contributed by atoms with Gasteiger partial charge < -0.3 is 10.6 Å². The van der Waals surface area contributed by atoms with Crippen LogP contribution in [0.5, 0.6) is 0 Å². The first-order valence-corrected chi connectivity index (χ1v) is 7.62. The van der Waals surface area contributed by atoms with Gasteiger partial charge in [-0.2, -0.15) is 0 Å². The molecule has 0 saturated heterocycles. The van der Waals surface area contributed by atoms with Gasteiger partial charge in [0.1, 0.15) is 0 Å². The van der Waals surface area contributed by atoms with Crippen LogP contribution < -0.4 is 5.73 Å². The van der Waals surface area contributed by atoms with Gasteiger partial charge in [0.2, 0.25) is 0 Å². The number of benzene rings is 1. The van der Waals surface area contributed by atoms with Crippen molar-refractivity contribution in [1.29, 1.82) is 0 Å². The predicted octanol–water partition coefficient (Wildman–Crippen LogP) is 3.05. The van der Waals surface area contributed by atoms with Crippen molar-refractivity contribution in [2.75, 3.05) is 13.1 Å². The van der Waals surface area contributed by atoms with E-state index < -0.39 is 0 Å². The van der Waals surface area contributed by atoms with Gasteiger partial charge in [-0.15, -0.1) is 11.3 Å². The Balaban J connectivity index is 2.12. The molecule has 0 radical (unpaired) electrons. The number of nitrogens with two attached hydrogens (primary N) is 1. The molecule has 106 valence electrons. The van der Waals surface area contributed by atoms with Crippen molar-refractivity contribution >= 4 is 17.2 Å². The molecular formula is C16H20N2OS. The first kappa shape index (κ1) is 14.8. The minimum atomic E-state index is 0.0976. The molecule has 1 amide bonds. The summed E-state index contributed by atoms with van der Waals surface area (Å²) in [4.78, 5) is 16.4. The van der Waals surface area contributed by atoms with Gasteiger partial charge in [0.15, 0.2) is 0 Å². The second-order valence-electron chi connectivity index (χ2n) is 4.76. The molecular weight excluding hydrogens is 268 g/mol. The molecule has 0 bridgehead atoms. The zero-order chi connectivity index (χ0) is 14.4. The molecule has 0 unspecified atom stereocenters. The summed E-state index contributed by atoms with van der Waals surface area (Å²) in [6.45, 7) is 3.95. The van der Waals surface area contributed by atoms with Crippen molar-refractivity contribution < 1.29 is 4.79 Å². The summed E-state index contributed by atoms with van der Waals surface area (Å²) in [5.41, 5.74) is 6.72. The van der Waals surface area contributed by atoms with Crippen molar-refractivity contribution in [3.63, 3.8) is 0 Å². The summed E-state index contributed by atoms with van der Waals surface area (Å²) in [5, 5.41) is 0. The van der Waals surface area contributed by atoms with Gasteiger partial charge in [-0.25, -0.2) is 0 Å². The van der Waals surface area contributed by atoms with E-state index in [1.807, 2.05) is 54.3 Å². The second kappa shape index (κ2) is 7.22. The number of hydrogen-bond donors (Lipinski definition) is 1. The lowest BCUT2D eigenvalue weighted by Gasteiger charge is -2.22. The van der Waals surface area contributed by atoms with Gasteiger partial charge in [0.25, 0.3) is 5.91 Å². The average Bonchev–Trinajstić information content (AvgIpc) is 2.90. The third-order valence-corrected chi connectivity index (χ3v) is 4.08. The number of rotatable bonds is 6. The molecule has 0 saturated carbocycles. The number of amides is 1. The number of aryl methyl sites for hydroxylation is 1. The van der Waals surface area contributed by atoms with Gasteiger partial charge in [-0.1, -0.05) is 30.3 Å². The lowest BCUT2D eigenvalue weighted by Crippen LogP contribution is -2.32. The summed E-state index contributed by atoms with van der Waals surface area (Å²) in [6, 6.07) is 14.0. The lowest BCUT2D eigenvalue weighted by molar-refractivity contribution is 0.0747. The summed E-state index contributed by atoms with van der Waals surface area (Å²) in [5.74, 6) is 0.0976. The minimum Gasteiger partial charge on any atom is -0.334 e. The average molecular weight is 288 g/mol. The highest BCUT2D eigenvalue weighted by Gasteiger charge is 2.17. The van der Waals surface area contributed by atoms with Crippen molar-refractivity contribution in [3.05, 3.63) is 57.8 Å². The van der Waals surface area contributed by atoms with Crippen LogP contribution >= 0.6 is 11.3 Å². The Morgan fingerprint density at radius 1 is 1.20 bits per heavy atom. The van der Waals surface area contributed by atoms with Crippen LogP contribution in [0.15, 0.2) is 42.5 Å². The molecule has 1 aromatic heterocycles. The van der Waals surface area contributed by atoms with Gasteiger partial charge in [0, 0.05) is 18.0 Å². The van der Waals surface area contributed by atoms with Crippen LogP contribution in [0.1, 0.15) is 26.5 Å². The van der Waals surface area contributed by atoms with E-state index in [9.17, 15) is 4.79 Å². The molecule has 0 aliphatic carbocycles. The fraction of sp³-hybridized carbons (Fsp3) is 0.312. The molecule has 2 aromatic rings. The maximum atomic E-state index is 12.6. The molecule has 0 aliphatic heterocycles. The molecule has 1 aromatic carbocycles. The lowest BCUT2D eigenvalue weighted by atomic mass is 10.2. The molecule has 0 spiro atoms. The third-order valence-electron chi connectivity index (χ3n) is 3.09. The fourth-order valence-corrected chi connectivity index (χ4v) is 2.88. The standard InChI is InChI=1S/C16H20N2OS/c1-13-8-9-15(20-13)16(19)18(11-5-10-17)12-14-6-3-2-4-7-14/h2-4,6-9H,5,10-12,17H2,1H3. The van der Waals surface area contributed by atoms with Crippen LogP contribution in [0, 0.1) is 6.92 Å². The summed E-state index contributed by atoms with van der Waals surface area (Å²) < 4.78 is 0. The summed E-state index contributed by atoms with van der Waals surface area (Å²) >= 11 is 1.55. The SMILES string of the molecule is Cc1ccc(C(=O)N(CCCN)Cc2ccccc2)s1. The Labute approximate surface area is 124 Å². The topological polar surface area (TPSA) is 46.3 Å². The Kier molecular flexibility index (Phi) is 5.32. The Morgan fingerprint density at radius 2 is 1.95 bits per heavy atom. The van der Waals surface area contributed by atoms with Gasteiger partial charge in [0.05, 0.1) is 4.88 Å². The molecule has 2 N–H and O–H groups in total.